The van der Waals surface area contributed by atoms with Crippen molar-refractivity contribution in [3.05, 3.63) is 122 Å². The van der Waals surface area contributed by atoms with E-state index < -0.39 is 0 Å². The molecule has 0 nitrogen and oxygen atoms in total. The summed E-state index contributed by atoms with van der Waals surface area (Å²) in [4.78, 5) is 0. The predicted octanol–water partition coefficient (Wildman–Crippen LogP) is 9.55. The van der Waals surface area contributed by atoms with E-state index in [-0.39, 0.29) is 41.1 Å². The first kappa shape index (κ1) is 27.1. The Kier molecular flexibility index (Phi) is 8.56. The van der Waals surface area contributed by atoms with Crippen LogP contribution in [-0.4, -0.2) is 0 Å². The second-order valence-corrected chi connectivity index (χ2v) is 9.01. The maximum atomic E-state index is 2.43. The molecule has 0 aliphatic heterocycles. The molecule has 0 aliphatic rings. The van der Waals surface area contributed by atoms with Crippen LogP contribution in [0.4, 0.5) is 0 Å². The van der Waals surface area contributed by atoms with E-state index >= 15 is 0 Å². The quantitative estimate of drug-likeness (QED) is 0.194. The van der Waals surface area contributed by atoms with Crippen molar-refractivity contribution in [3.63, 3.8) is 0 Å². The third kappa shape index (κ3) is 4.45. The molecule has 1 heteroatoms. The van der Waals surface area contributed by atoms with Crippen molar-refractivity contribution in [2.75, 3.05) is 0 Å². The van der Waals surface area contributed by atoms with Crippen molar-refractivity contribution < 1.29 is 26.2 Å². The number of benzene rings is 4. The Morgan fingerprint density at radius 2 is 0.943 bits per heavy atom. The minimum Gasteiger partial charge on any atom is -0.358 e. The van der Waals surface area contributed by atoms with Crippen LogP contribution in [0.5, 0.6) is 0 Å². The van der Waals surface area contributed by atoms with Gasteiger partial charge in [-0.05, 0) is 23.6 Å². The van der Waals surface area contributed by atoms with Gasteiger partial charge in [0.2, 0.25) is 0 Å². The Morgan fingerprint density at radius 3 is 1.34 bits per heavy atom. The molecule has 0 radical (unpaired) electrons. The topological polar surface area (TPSA) is 0 Å². The van der Waals surface area contributed by atoms with Crippen molar-refractivity contribution in [1.82, 2.24) is 0 Å². The SMILES string of the molecule is CCc1[cH-]c2ccc3ccccc3c2c1CCc1c(CC)[cH-]c2ccc3ccccc3c12.[CH3-].[CH3-].[Zr+4]. The van der Waals surface area contributed by atoms with Crippen molar-refractivity contribution in [3.8, 4) is 0 Å². The van der Waals surface area contributed by atoms with Gasteiger partial charge in [-0.3, -0.25) is 0 Å². The third-order valence-electron chi connectivity index (χ3n) is 7.35. The van der Waals surface area contributed by atoms with Gasteiger partial charge in [0.15, 0.2) is 0 Å². The summed E-state index contributed by atoms with van der Waals surface area (Å²) in [6, 6.07) is 31.7. The molecular weight excluding hydrogens is 500 g/mol. The fourth-order valence-electron chi connectivity index (χ4n) is 5.81. The number of hydrogen-bond donors (Lipinski definition) is 0. The summed E-state index contributed by atoms with van der Waals surface area (Å²) in [5, 5.41) is 11.2. The molecule has 0 saturated carbocycles. The molecule has 6 rings (SSSR count). The predicted molar refractivity (Wildman–Crippen MR) is 153 cm³/mol. The molecule has 0 amide bonds. The minimum absolute atomic E-state index is 0. The second kappa shape index (κ2) is 11.1. The van der Waals surface area contributed by atoms with Gasteiger partial charge < -0.3 is 14.9 Å². The van der Waals surface area contributed by atoms with Crippen LogP contribution in [0, 0.1) is 14.9 Å². The standard InChI is InChI=1S/C32H28.2CH3.Zr/c1-3-21-19-25-15-13-23-9-5-7-11-27(23)31(25)29(21)17-18-30-22(4-2)20-26-16-14-24-10-6-8-12-28(24)32(26)30;;;/h5-16,19-20H,3-4,17-18H2,1-2H3;2*1H3;/q-2;2*-1;+4. The Labute approximate surface area is 229 Å². The Morgan fingerprint density at radius 1 is 0.543 bits per heavy atom. The van der Waals surface area contributed by atoms with Crippen molar-refractivity contribution >= 4 is 43.1 Å². The van der Waals surface area contributed by atoms with Gasteiger partial charge in [0.1, 0.15) is 0 Å². The van der Waals surface area contributed by atoms with Gasteiger partial charge >= 0.3 is 26.2 Å². The van der Waals surface area contributed by atoms with Crippen molar-refractivity contribution in [2.24, 2.45) is 0 Å². The van der Waals surface area contributed by atoms with Crippen LogP contribution in [0.3, 0.4) is 0 Å². The van der Waals surface area contributed by atoms with E-state index in [0.717, 1.165) is 25.7 Å². The van der Waals surface area contributed by atoms with Crippen LogP contribution in [0.25, 0.3) is 43.1 Å². The van der Waals surface area contributed by atoms with Gasteiger partial charge in [0.05, 0.1) is 0 Å². The van der Waals surface area contributed by atoms with Crippen LogP contribution >= 0.6 is 0 Å². The minimum atomic E-state index is 0. The fourth-order valence-corrected chi connectivity index (χ4v) is 5.81. The molecule has 0 bridgehead atoms. The Hall–Kier alpha value is -2.50. The molecule has 0 N–H and O–H groups in total. The van der Waals surface area contributed by atoms with Crippen molar-refractivity contribution in [1.29, 1.82) is 0 Å². The molecule has 0 spiro atoms. The average Bonchev–Trinajstić information content (AvgIpc) is 3.40. The molecule has 0 aliphatic carbocycles. The number of rotatable bonds is 5. The number of fused-ring (bicyclic) bond motifs is 6. The van der Waals surface area contributed by atoms with Gasteiger partial charge in [0, 0.05) is 0 Å². The smallest absolute Gasteiger partial charge is 0.358 e. The number of aryl methyl sites for hydroxylation is 4. The zero-order chi connectivity index (χ0) is 21.7. The molecule has 0 atom stereocenters. The molecule has 0 fully saturated rings. The van der Waals surface area contributed by atoms with E-state index in [4.69, 9.17) is 0 Å². The normalized spacial score (nSPS) is 10.9. The first-order valence-corrected chi connectivity index (χ1v) is 12.0. The van der Waals surface area contributed by atoms with Gasteiger partial charge in [-0.1, -0.05) is 98.1 Å². The summed E-state index contributed by atoms with van der Waals surface area (Å²) >= 11 is 0. The molecule has 174 valence electrons. The molecule has 0 heterocycles. The van der Waals surface area contributed by atoms with Crippen LogP contribution in [-0.2, 0) is 51.9 Å². The largest absolute Gasteiger partial charge is 4.00 e. The maximum Gasteiger partial charge on any atom is 4.00 e. The Balaban J connectivity index is 0.00000114. The summed E-state index contributed by atoms with van der Waals surface area (Å²) in [6.07, 6.45) is 4.36. The monoisotopic (exact) mass is 532 g/mol. The summed E-state index contributed by atoms with van der Waals surface area (Å²) in [6.45, 7) is 4.59. The summed E-state index contributed by atoms with van der Waals surface area (Å²) in [7, 11) is 0. The van der Waals surface area contributed by atoms with E-state index in [9.17, 15) is 0 Å². The second-order valence-electron chi connectivity index (χ2n) is 9.01. The van der Waals surface area contributed by atoms with Crippen LogP contribution in [0.1, 0.15) is 36.1 Å². The van der Waals surface area contributed by atoms with Crippen LogP contribution < -0.4 is 0 Å². The van der Waals surface area contributed by atoms with E-state index in [1.54, 1.807) is 11.1 Å². The molecule has 35 heavy (non-hydrogen) atoms. The zero-order valence-electron chi connectivity index (χ0n) is 21.4. The van der Waals surface area contributed by atoms with Gasteiger partial charge in [-0.15, -0.1) is 56.9 Å². The van der Waals surface area contributed by atoms with E-state index in [1.165, 1.54) is 54.2 Å². The van der Waals surface area contributed by atoms with Gasteiger partial charge in [0.25, 0.3) is 0 Å². The van der Waals surface area contributed by atoms with E-state index in [2.05, 4.69) is 98.8 Å². The first-order valence-electron chi connectivity index (χ1n) is 12.0. The molecule has 6 aromatic rings. The van der Waals surface area contributed by atoms with E-state index in [1.807, 2.05) is 0 Å². The van der Waals surface area contributed by atoms with E-state index in [0.29, 0.717) is 0 Å². The summed E-state index contributed by atoms with van der Waals surface area (Å²) in [5.74, 6) is 0. The molecule has 0 aromatic heterocycles. The summed E-state index contributed by atoms with van der Waals surface area (Å²) < 4.78 is 0. The maximum absolute atomic E-state index is 2.43. The Bertz CT molecular complexity index is 1470. The molecular formula is C34H34Zr. The van der Waals surface area contributed by atoms with Crippen LogP contribution in [0.2, 0.25) is 0 Å². The fraction of sp³-hybridized carbons (Fsp3) is 0.176. The average molecular weight is 534 g/mol. The summed E-state index contributed by atoms with van der Waals surface area (Å²) in [5.41, 5.74) is 6.12. The molecule has 0 saturated heterocycles. The number of hydrogen-bond acceptors (Lipinski definition) is 0. The van der Waals surface area contributed by atoms with Gasteiger partial charge in [-0.2, -0.15) is 11.1 Å². The molecule has 6 aromatic carbocycles. The van der Waals surface area contributed by atoms with Gasteiger partial charge in [-0.25, -0.2) is 0 Å². The van der Waals surface area contributed by atoms with Crippen molar-refractivity contribution in [2.45, 2.75) is 39.5 Å². The molecule has 0 unspecified atom stereocenters. The van der Waals surface area contributed by atoms with Crippen LogP contribution in [0.15, 0.2) is 84.9 Å². The first-order chi connectivity index (χ1) is 15.8. The zero-order valence-corrected chi connectivity index (χ0v) is 23.9. The third-order valence-corrected chi connectivity index (χ3v) is 7.35.